The van der Waals surface area contributed by atoms with Gasteiger partial charge in [0.1, 0.15) is 10.0 Å². The number of aryl methyl sites for hydroxylation is 2. The predicted octanol–water partition coefficient (Wildman–Crippen LogP) is 4.56. The van der Waals surface area contributed by atoms with Gasteiger partial charge >= 0.3 is 0 Å². The SMILES string of the molecule is CCc1ccc(S(=O)(=O)Nc2ccc(Nc3ccc(C)cc3)cn2)s1. The first-order valence-corrected chi connectivity index (χ1v) is 10.2. The van der Waals surface area contributed by atoms with Gasteiger partial charge < -0.3 is 5.32 Å². The molecule has 0 saturated heterocycles. The van der Waals surface area contributed by atoms with Crippen molar-refractivity contribution in [2.45, 2.75) is 24.5 Å². The van der Waals surface area contributed by atoms with E-state index < -0.39 is 10.0 Å². The molecule has 0 aliphatic carbocycles. The normalized spacial score (nSPS) is 11.3. The number of thiophene rings is 1. The fourth-order valence-corrected chi connectivity index (χ4v) is 4.52. The molecule has 130 valence electrons. The lowest BCUT2D eigenvalue weighted by Gasteiger charge is -2.08. The van der Waals surface area contributed by atoms with E-state index in [0.717, 1.165) is 22.7 Å². The Kier molecular flexibility index (Phi) is 5.06. The van der Waals surface area contributed by atoms with E-state index in [9.17, 15) is 8.42 Å². The van der Waals surface area contributed by atoms with E-state index in [1.165, 1.54) is 16.9 Å². The number of aromatic nitrogens is 1. The summed E-state index contributed by atoms with van der Waals surface area (Å²) in [4.78, 5) is 5.22. The smallest absolute Gasteiger partial charge is 0.272 e. The molecule has 1 aromatic carbocycles. The predicted molar refractivity (Wildman–Crippen MR) is 103 cm³/mol. The van der Waals surface area contributed by atoms with Gasteiger partial charge in [0.15, 0.2) is 0 Å². The first kappa shape index (κ1) is 17.4. The van der Waals surface area contributed by atoms with Crippen LogP contribution in [0, 0.1) is 6.92 Å². The van der Waals surface area contributed by atoms with E-state index in [0.29, 0.717) is 10.0 Å². The highest BCUT2D eigenvalue weighted by molar-refractivity contribution is 7.94. The van der Waals surface area contributed by atoms with Crippen LogP contribution in [0.25, 0.3) is 0 Å². The Hall–Kier alpha value is -2.38. The summed E-state index contributed by atoms with van der Waals surface area (Å²) in [5, 5.41) is 3.23. The lowest BCUT2D eigenvalue weighted by molar-refractivity contribution is 0.603. The molecule has 0 saturated carbocycles. The number of rotatable bonds is 6. The number of benzene rings is 1. The topological polar surface area (TPSA) is 71.1 Å². The van der Waals surface area contributed by atoms with Crippen molar-refractivity contribution in [3.63, 3.8) is 0 Å². The molecule has 0 aliphatic heterocycles. The van der Waals surface area contributed by atoms with Gasteiger partial charge in [0.25, 0.3) is 10.0 Å². The summed E-state index contributed by atoms with van der Waals surface area (Å²) in [7, 11) is -3.59. The molecule has 2 heterocycles. The first-order valence-electron chi connectivity index (χ1n) is 7.87. The van der Waals surface area contributed by atoms with Crippen molar-refractivity contribution >= 4 is 38.6 Å². The minimum atomic E-state index is -3.59. The largest absolute Gasteiger partial charge is 0.354 e. The van der Waals surface area contributed by atoms with Crippen LogP contribution in [0.3, 0.4) is 0 Å². The fourth-order valence-electron chi connectivity index (χ4n) is 2.21. The van der Waals surface area contributed by atoms with Gasteiger partial charge in [0, 0.05) is 10.6 Å². The van der Waals surface area contributed by atoms with Crippen LogP contribution < -0.4 is 10.0 Å². The van der Waals surface area contributed by atoms with Gasteiger partial charge in [-0.25, -0.2) is 13.4 Å². The Balaban J connectivity index is 1.70. The fraction of sp³-hybridized carbons (Fsp3) is 0.167. The van der Waals surface area contributed by atoms with Crippen LogP contribution in [-0.2, 0) is 16.4 Å². The third-order valence-corrected chi connectivity index (χ3v) is 6.67. The van der Waals surface area contributed by atoms with E-state index in [-0.39, 0.29) is 0 Å². The highest BCUT2D eigenvalue weighted by Gasteiger charge is 2.17. The number of nitrogens with one attached hydrogen (secondary N) is 2. The second-order valence-corrected chi connectivity index (χ2v) is 8.68. The molecule has 0 radical (unpaired) electrons. The molecule has 0 atom stereocenters. The summed E-state index contributed by atoms with van der Waals surface area (Å²) in [5.41, 5.74) is 2.93. The summed E-state index contributed by atoms with van der Waals surface area (Å²) < 4.78 is 27.6. The average molecular weight is 374 g/mol. The minimum Gasteiger partial charge on any atom is -0.354 e. The summed E-state index contributed by atoms with van der Waals surface area (Å²) in [5.74, 6) is 0.293. The van der Waals surface area contributed by atoms with Gasteiger partial charge in [-0.05, 0) is 49.7 Å². The molecule has 0 amide bonds. The Morgan fingerprint density at radius 2 is 1.72 bits per heavy atom. The third kappa shape index (κ3) is 4.37. The zero-order chi connectivity index (χ0) is 17.9. The molecule has 25 heavy (non-hydrogen) atoms. The van der Waals surface area contributed by atoms with Crippen molar-refractivity contribution in [2.75, 3.05) is 10.0 Å². The Morgan fingerprint density at radius 3 is 2.32 bits per heavy atom. The van der Waals surface area contributed by atoms with Crippen molar-refractivity contribution in [3.05, 3.63) is 65.2 Å². The lowest BCUT2D eigenvalue weighted by atomic mass is 10.2. The zero-order valence-corrected chi connectivity index (χ0v) is 15.6. The molecule has 0 fully saturated rings. The lowest BCUT2D eigenvalue weighted by Crippen LogP contribution is -2.12. The highest BCUT2D eigenvalue weighted by atomic mass is 32.2. The number of sulfonamides is 1. The second-order valence-electron chi connectivity index (χ2n) is 5.60. The maximum absolute atomic E-state index is 12.4. The Morgan fingerprint density at radius 1 is 1.00 bits per heavy atom. The van der Waals surface area contributed by atoms with Crippen molar-refractivity contribution in [1.29, 1.82) is 0 Å². The van der Waals surface area contributed by atoms with Crippen molar-refractivity contribution in [2.24, 2.45) is 0 Å². The van der Waals surface area contributed by atoms with Crippen LogP contribution in [0.4, 0.5) is 17.2 Å². The Labute approximate surface area is 151 Å². The summed E-state index contributed by atoms with van der Waals surface area (Å²) >= 11 is 1.27. The molecule has 3 rings (SSSR count). The van der Waals surface area contributed by atoms with Gasteiger partial charge in [-0.1, -0.05) is 24.6 Å². The van der Waals surface area contributed by atoms with Crippen molar-refractivity contribution in [3.8, 4) is 0 Å². The molecule has 5 nitrogen and oxygen atoms in total. The molecule has 2 N–H and O–H groups in total. The van der Waals surface area contributed by atoms with Gasteiger partial charge in [-0.2, -0.15) is 0 Å². The second kappa shape index (κ2) is 7.25. The number of anilines is 3. The standard InChI is InChI=1S/C18H19N3O2S2/c1-3-16-9-11-18(24-16)25(22,23)21-17-10-8-15(12-19-17)20-14-6-4-13(2)5-7-14/h4-12,20H,3H2,1-2H3,(H,19,21). The van der Waals surface area contributed by atoms with Gasteiger partial charge in [-0.3, -0.25) is 4.72 Å². The molecule has 2 aromatic heterocycles. The molecular formula is C18H19N3O2S2. The molecule has 0 aliphatic rings. The van der Waals surface area contributed by atoms with Crippen LogP contribution >= 0.6 is 11.3 Å². The minimum absolute atomic E-state index is 0.293. The van der Waals surface area contributed by atoms with Crippen LogP contribution in [0.15, 0.2) is 58.9 Å². The van der Waals surface area contributed by atoms with E-state index in [1.807, 2.05) is 44.2 Å². The summed E-state index contributed by atoms with van der Waals surface area (Å²) in [6.07, 6.45) is 2.42. The van der Waals surface area contributed by atoms with Crippen molar-refractivity contribution in [1.82, 2.24) is 4.98 Å². The maximum atomic E-state index is 12.4. The number of hydrogen-bond acceptors (Lipinski definition) is 5. The Bertz CT molecular complexity index is 947. The van der Waals surface area contributed by atoms with Gasteiger partial charge in [-0.15, -0.1) is 11.3 Å². The summed E-state index contributed by atoms with van der Waals surface area (Å²) in [6.45, 7) is 4.03. The summed E-state index contributed by atoms with van der Waals surface area (Å²) in [6, 6.07) is 14.9. The number of pyridine rings is 1. The van der Waals surface area contributed by atoms with E-state index in [2.05, 4.69) is 15.0 Å². The van der Waals surface area contributed by atoms with Crippen LogP contribution in [0.5, 0.6) is 0 Å². The molecule has 0 bridgehead atoms. The third-order valence-electron chi connectivity index (χ3n) is 3.59. The van der Waals surface area contributed by atoms with Crippen LogP contribution in [-0.4, -0.2) is 13.4 Å². The van der Waals surface area contributed by atoms with E-state index in [1.54, 1.807) is 24.4 Å². The van der Waals surface area contributed by atoms with Crippen LogP contribution in [0.2, 0.25) is 0 Å². The van der Waals surface area contributed by atoms with E-state index in [4.69, 9.17) is 0 Å². The van der Waals surface area contributed by atoms with E-state index >= 15 is 0 Å². The maximum Gasteiger partial charge on any atom is 0.272 e. The quantitative estimate of drug-likeness (QED) is 0.664. The van der Waals surface area contributed by atoms with Crippen molar-refractivity contribution < 1.29 is 8.42 Å². The molecule has 3 aromatic rings. The monoisotopic (exact) mass is 373 g/mol. The molecule has 0 spiro atoms. The zero-order valence-electron chi connectivity index (χ0n) is 14.0. The average Bonchev–Trinajstić information content (AvgIpc) is 3.09. The first-order chi connectivity index (χ1) is 12.0. The van der Waals surface area contributed by atoms with Crippen LogP contribution in [0.1, 0.15) is 17.4 Å². The molecule has 0 unspecified atom stereocenters. The number of hydrogen-bond donors (Lipinski definition) is 2. The van der Waals surface area contributed by atoms with Gasteiger partial charge in [0.05, 0.1) is 11.9 Å². The van der Waals surface area contributed by atoms with Gasteiger partial charge in [0.2, 0.25) is 0 Å². The highest BCUT2D eigenvalue weighted by Crippen LogP contribution is 2.24. The molecule has 7 heteroatoms. The number of nitrogens with zero attached hydrogens (tertiary/aromatic N) is 1. The molecular weight excluding hydrogens is 354 g/mol.